The van der Waals surface area contributed by atoms with Crippen molar-refractivity contribution in [1.82, 2.24) is 0 Å². The number of carbonyl (C=O) groups is 2. The van der Waals surface area contributed by atoms with Gasteiger partial charge in [-0.25, -0.2) is 14.2 Å². The lowest BCUT2D eigenvalue weighted by molar-refractivity contribution is -0.671. The Hall–Kier alpha value is -2.10. The minimum Gasteiger partial charge on any atom is -1.00 e. The van der Waals surface area contributed by atoms with E-state index in [2.05, 4.69) is 0 Å². The Morgan fingerprint density at radius 3 is 2.31 bits per heavy atom. The number of aryl methyl sites for hydroxylation is 1. The number of nitrogens with zero attached hydrogens (tertiary/aromatic N) is 1. The van der Waals surface area contributed by atoms with E-state index in [4.69, 9.17) is 19.9 Å². The first kappa shape index (κ1) is 21.9. The van der Waals surface area contributed by atoms with Gasteiger partial charge in [-0.3, -0.25) is 0 Å². The number of carbonyl (C=O) groups excluding carboxylic acids is 2. The van der Waals surface area contributed by atoms with Crippen LogP contribution in [-0.4, -0.2) is 25.2 Å². The SMILES string of the molecule is CCOC(=O)C1=C(C)OC(N)=C(C(=O)OCC)C1c1ccc[n+](C)c1.[I-]. The topological polar surface area (TPSA) is 91.7 Å². The Balaban J connectivity index is 0.00000338. The Morgan fingerprint density at radius 1 is 1.19 bits per heavy atom. The second kappa shape index (κ2) is 9.56. The molecule has 0 saturated heterocycles. The van der Waals surface area contributed by atoms with Crippen LogP contribution in [0.4, 0.5) is 0 Å². The minimum atomic E-state index is -0.723. The van der Waals surface area contributed by atoms with E-state index in [0.29, 0.717) is 11.3 Å². The summed E-state index contributed by atoms with van der Waals surface area (Å²) in [6, 6.07) is 3.64. The number of pyridine rings is 1. The Bertz CT molecular complexity index is 718. The third kappa shape index (κ3) is 4.54. The van der Waals surface area contributed by atoms with Crippen LogP contribution in [-0.2, 0) is 30.8 Å². The maximum Gasteiger partial charge on any atom is 0.340 e. The normalized spacial score (nSPS) is 16.5. The zero-order chi connectivity index (χ0) is 18.6. The molecule has 26 heavy (non-hydrogen) atoms. The van der Waals surface area contributed by atoms with Crippen LogP contribution in [0.2, 0.25) is 0 Å². The molecule has 1 aliphatic rings. The summed E-state index contributed by atoms with van der Waals surface area (Å²) >= 11 is 0. The fourth-order valence-electron chi connectivity index (χ4n) is 2.78. The van der Waals surface area contributed by atoms with Crippen molar-refractivity contribution in [2.24, 2.45) is 12.8 Å². The predicted molar refractivity (Wildman–Crippen MR) is 88.6 cm³/mol. The number of allylic oxidation sites excluding steroid dienone is 1. The van der Waals surface area contributed by atoms with Crippen molar-refractivity contribution in [1.29, 1.82) is 0 Å². The average Bonchev–Trinajstić information content (AvgIpc) is 2.54. The van der Waals surface area contributed by atoms with Gasteiger partial charge in [0.05, 0.1) is 24.7 Å². The molecule has 0 fully saturated rings. The van der Waals surface area contributed by atoms with Crippen LogP contribution >= 0.6 is 0 Å². The molecule has 0 spiro atoms. The van der Waals surface area contributed by atoms with Gasteiger partial charge in [-0.05, 0) is 26.8 Å². The first-order valence-electron chi connectivity index (χ1n) is 8.08. The van der Waals surface area contributed by atoms with Gasteiger partial charge in [0.1, 0.15) is 18.4 Å². The Morgan fingerprint density at radius 2 is 1.77 bits per heavy atom. The molecule has 1 aliphatic heterocycles. The average molecular weight is 474 g/mol. The van der Waals surface area contributed by atoms with Gasteiger partial charge < -0.3 is 43.9 Å². The van der Waals surface area contributed by atoms with Gasteiger partial charge >= 0.3 is 11.9 Å². The molecule has 0 aliphatic carbocycles. The molecule has 1 aromatic heterocycles. The molecule has 0 amide bonds. The Labute approximate surface area is 169 Å². The lowest BCUT2D eigenvalue weighted by atomic mass is 9.83. The van der Waals surface area contributed by atoms with Crippen LogP contribution in [0, 0.1) is 0 Å². The van der Waals surface area contributed by atoms with Crippen molar-refractivity contribution in [3.05, 3.63) is 52.9 Å². The van der Waals surface area contributed by atoms with E-state index in [9.17, 15) is 9.59 Å². The largest absolute Gasteiger partial charge is 1.00 e. The first-order chi connectivity index (χ1) is 11.9. The van der Waals surface area contributed by atoms with Crippen LogP contribution in [0.3, 0.4) is 0 Å². The molecule has 2 rings (SSSR count). The van der Waals surface area contributed by atoms with Crippen LogP contribution in [0.1, 0.15) is 32.3 Å². The molecule has 8 heteroatoms. The number of hydrogen-bond donors (Lipinski definition) is 1. The maximum absolute atomic E-state index is 12.5. The summed E-state index contributed by atoms with van der Waals surface area (Å²) in [6.45, 7) is 5.42. The van der Waals surface area contributed by atoms with Gasteiger partial charge in [-0.15, -0.1) is 0 Å². The third-order valence-corrected chi connectivity index (χ3v) is 3.77. The zero-order valence-electron chi connectivity index (χ0n) is 15.2. The number of halogens is 1. The summed E-state index contributed by atoms with van der Waals surface area (Å²) in [5.74, 6) is -1.66. The molecule has 2 N–H and O–H groups in total. The zero-order valence-corrected chi connectivity index (χ0v) is 17.4. The summed E-state index contributed by atoms with van der Waals surface area (Å²) in [5, 5.41) is 0. The van der Waals surface area contributed by atoms with E-state index in [-0.39, 0.29) is 54.2 Å². The van der Waals surface area contributed by atoms with Gasteiger partial charge in [0, 0.05) is 11.6 Å². The quantitative estimate of drug-likeness (QED) is 0.308. The van der Waals surface area contributed by atoms with Crippen molar-refractivity contribution in [3.8, 4) is 0 Å². The highest BCUT2D eigenvalue weighted by Crippen LogP contribution is 2.39. The van der Waals surface area contributed by atoms with Crippen molar-refractivity contribution in [3.63, 3.8) is 0 Å². The molecule has 2 heterocycles. The number of nitrogens with two attached hydrogens (primary N) is 1. The number of esters is 2. The van der Waals surface area contributed by atoms with Crippen molar-refractivity contribution in [2.45, 2.75) is 26.7 Å². The molecule has 1 aromatic rings. The highest BCUT2D eigenvalue weighted by Gasteiger charge is 2.40. The second-order valence-corrected chi connectivity index (χ2v) is 5.53. The molecule has 1 atom stereocenters. The fraction of sp³-hybridized carbons (Fsp3) is 0.389. The summed E-state index contributed by atoms with van der Waals surface area (Å²) < 4.78 is 17.6. The molecule has 0 saturated carbocycles. The lowest BCUT2D eigenvalue weighted by Crippen LogP contribution is -3.00. The van der Waals surface area contributed by atoms with E-state index < -0.39 is 17.9 Å². The molecular formula is C18H23IN2O5. The molecule has 142 valence electrons. The first-order valence-corrected chi connectivity index (χ1v) is 8.08. The molecule has 0 aromatic carbocycles. The molecular weight excluding hydrogens is 451 g/mol. The highest BCUT2D eigenvalue weighted by atomic mass is 127. The van der Waals surface area contributed by atoms with E-state index >= 15 is 0 Å². The molecule has 0 bridgehead atoms. The monoisotopic (exact) mass is 474 g/mol. The van der Waals surface area contributed by atoms with Crippen molar-refractivity contribution in [2.75, 3.05) is 13.2 Å². The van der Waals surface area contributed by atoms with Gasteiger partial charge in [-0.2, -0.15) is 0 Å². The lowest BCUT2D eigenvalue weighted by Gasteiger charge is -2.28. The fourth-order valence-corrected chi connectivity index (χ4v) is 2.78. The minimum absolute atomic E-state index is 0. The number of rotatable bonds is 5. The van der Waals surface area contributed by atoms with Crippen LogP contribution < -0.4 is 34.3 Å². The van der Waals surface area contributed by atoms with Crippen LogP contribution in [0.25, 0.3) is 0 Å². The van der Waals surface area contributed by atoms with E-state index in [0.717, 1.165) is 0 Å². The van der Waals surface area contributed by atoms with E-state index in [1.54, 1.807) is 20.8 Å². The second-order valence-electron chi connectivity index (χ2n) is 5.53. The van der Waals surface area contributed by atoms with E-state index in [1.165, 1.54) is 0 Å². The summed E-state index contributed by atoms with van der Waals surface area (Å²) in [4.78, 5) is 25.0. The molecule has 7 nitrogen and oxygen atoms in total. The van der Waals surface area contributed by atoms with Crippen LogP contribution in [0.15, 0.2) is 47.3 Å². The van der Waals surface area contributed by atoms with Gasteiger partial charge in [0.2, 0.25) is 5.88 Å². The van der Waals surface area contributed by atoms with Crippen LogP contribution in [0.5, 0.6) is 0 Å². The Kier molecular flexibility index (Phi) is 8.07. The third-order valence-electron chi connectivity index (χ3n) is 3.77. The molecule has 1 unspecified atom stereocenters. The standard InChI is InChI=1S/C18H22N2O5.HI/c1-5-23-17(21)13-11(3)25-16(19)15(18(22)24-6-2)14(13)12-8-7-9-20(4)10-12;/h7-10,14H,5-6H2,1-4H3,(H-,19,22);1H. The summed E-state index contributed by atoms with van der Waals surface area (Å²) in [5.41, 5.74) is 7.02. The summed E-state index contributed by atoms with van der Waals surface area (Å²) in [6.07, 6.45) is 3.66. The van der Waals surface area contributed by atoms with Gasteiger partial charge in [0.15, 0.2) is 12.4 Å². The van der Waals surface area contributed by atoms with E-state index in [1.807, 2.05) is 36.1 Å². The predicted octanol–water partition coefficient (Wildman–Crippen LogP) is -1.80. The van der Waals surface area contributed by atoms with Crippen molar-refractivity contribution < 1.29 is 52.3 Å². The number of aromatic nitrogens is 1. The smallest absolute Gasteiger partial charge is 0.340 e. The van der Waals surface area contributed by atoms with Crippen molar-refractivity contribution >= 4 is 11.9 Å². The number of ether oxygens (including phenoxy) is 3. The summed E-state index contributed by atoms with van der Waals surface area (Å²) in [7, 11) is 1.85. The van der Waals surface area contributed by atoms with Gasteiger partial charge in [0.25, 0.3) is 0 Å². The highest BCUT2D eigenvalue weighted by molar-refractivity contribution is 5.99. The van der Waals surface area contributed by atoms with Gasteiger partial charge in [-0.1, -0.05) is 0 Å². The molecule has 0 radical (unpaired) electrons. The maximum atomic E-state index is 12.5. The number of hydrogen-bond acceptors (Lipinski definition) is 6.